The van der Waals surface area contributed by atoms with E-state index in [1.165, 1.54) is 0 Å². The van der Waals surface area contributed by atoms with Gasteiger partial charge in [-0.3, -0.25) is 4.79 Å². The van der Waals surface area contributed by atoms with Crippen LogP contribution in [0.25, 0.3) is 0 Å². The average Bonchev–Trinajstić information content (AvgIpc) is 2.69. The molecule has 0 unspecified atom stereocenters. The number of carbonyl (C=O) groups excluding carboxylic acids is 1. The standard InChI is InChI=1S/C20H23NO4S/c1-25-17-9-7-16(8-10-17)15-20(22)21-13-11-19(12-14-21)26(23,24)18-5-3-2-4-6-18/h2-10,19H,11-15H2,1H3. The zero-order valence-electron chi connectivity index (χ0n) is 14.8. The van der Waals surface area contributed by atoms with Gasteiger partial charge in [-0.2, -0.15) is 0 Å². The number of sulfone groups is 1. The highest BCUT2D eigenvalue weighted by Gasteiger charge is 2.32. The van der Waals surface area contributed by atoms with E-state index in [-0.39, 0.29) is 5.91 Å². The molecule has 0 N–H and O–H groups in total. The second-order valence-corrected chi connectivity index (χ2v) is 8.69. The van der Waals surface area contributed by atoms with Crippen LogP contribution < -0.4 is 4.74 Å². The first-order valence-corrected chi connectivity index (χ1v) is 10.2. The van der Waals surface area contributed by atoms with Crippen LogP contribution in [0.5, 0.6) is 5.75 Å². The second kappa shape index (κ2) is 7.91. The van der Waals surface area contributed by atoms with Gasteiger partial charge in [0.25, 0.3) is 0 Å². The van der Waals surface area contributed by atoms with Gasteiger partial charge in [0.05, 0.1) is 23.7 Å². The zero-order valence-corrected chi connectivity index (χ0v) is 15.6. The molecule has 2 aromatic rings. The summed E-state index contributed by atoms with van der Waals surface area (Å²) in [6.07, 6.45) is 1.28. The molecule has 1 heterocycles. The molecule has 0 spiro atoms. The van der Waals surface area contributed by atoms with Crippen molar-refractivity contribution in [2.24, 2.45) is 0 Å². The first kappa shape index (κ1) is 18.5. The van der Waals surface area contributed by atoms with Gasteiger partial charge >= 0.3 is 0 Å². The van der Waals surface area contributed by atoms with Gasteiger partial charge in [0.15, 0.2) is 9.84 Å². The predicted octanol–water partition coefficient (Wildman–Crippen LogP) is 2.70. The van der Waals surface area contributed by atoms with E-state index in [4.69, 9.17) is 4.74 Å². The largest absolute Gasteiger partial charge is 0.497 e. The van der Waals surface area contributed by atoms with Crippen molar-refractivity contribution < 1.29 is 17.9 Å². The van der Waals surface area contributed by atoms with Crippen molar-refractivity contribution >= 4 is 15.7 Å². The molecule has 5 nitrogen and oxygen atoms in total. The molecule has 0 radical (unpaired) electrons. The molecule has 138 valence electrons. The van der Waals surface area contributed by atoms with Gasteiger partial charge in [-0.1, -0.05) is 30.3 Å². The molecule has 1 fully saturated rings. The highest BCUT2D eigenvalue weighted by molar-refractivity contribution is 7.92. The molecule has 1 aliphatic rings. The molecule has 26 heavy (non-hydrogen) atoms. The average molecular weight is 373 g/mol. The second-order valence-electron chi connectivity index (χ2n) is 6.46. The predicted molar refractivity (Wildman–Crippen MR) is 99.9 cm³/mol. The highest BCUT2D eigenvalue weighted by atomic mass is 32.2. The molecule has 3 rings (SSSR count). The molecule has 0 atom stereocenters. The van der Waals surface area contributed by atoms with E-state index in [1.54, 1.807) is 42.3 Å². The topological polar surface area (TPSA) is 63.7 Å². The minimum Gasteiger partial charge on any atom is -0.497 e. The Morgan fingerprint density at radius 1 is 1.04 bits per heavy atom. The summed E-state index contributed by atoms with van der Waals surface area (Å²) in [6.45, 7) is 0.956. The molecule has 0 aromatic heterocycles. The van der Waals surface area contributed by atoms with Crippen LogP contribution in [0.1, 0.15) is 18.4 Å². The van der Waals surface area contributed by atoms with Crippen LogP contribution in [-0.4, -0.2) is 44.7 Å². The molecule has 0 saturated carbocycles. The van der Waals surface area contributed by atoms with E-state index in [0.717, 1.165) is 11.3 Å². The molecular weight excluding hydrogens is 350 g/mol. The van der Waals surface area contributed by atoms with Crippen LogP contribution in [0.4, 0.5) is 0 Å². The smallest absolute Gasteiger partial charge is 0.226 e. The number of rotatable bonds is 5. The fourth-order valence-corrected chi connectivity index (χ4v) is 5.00. The van der Waals surface area contributed by atoms with Gasteiger partial charge in [0.2, 0.25) is 5.91 Å². The van der Waals surface area contributed by atoms with Crippen LogP contribution in [0.2, 0.25) is 0 Å². The van der Waals surface area contributed by atoms with Crippen molar-refractivity contribution in [3.63, 3.8) is 0 Å². The number of amides is 1. The zero-order chi connectivity index (χ0) is 18.6. The van der Waals surface area contributed by atoms with Gasteiger partial charge in [-0.15, -0.1) is 0 Å². The number of carbonyl (C=O) groups is 1. The number of methoxy groups -OCH3 is 1. The lowest BCUT2D eigenvalue weighted by atomic mass is 10.1. The Morgan fingerprint density at radius 3 is 2.23 bits per heavy atom. The van der Waals surface area contributed by atoms with Crippen molar-refractivity contribution in [2.45, 2.75) is 29.4 Å². The van der Waals surface area contributed by atoms with Crippen molar-refractivity contribution in [3.8, 4) is 5.75 Å². The summed E-state index contributed by atoms with van der Waals surface area (Å²) in [5.41, 5.74) is 0.926. The highest BCUT2D eigenvalue weighted by Crippen LogP contribution is 2.25. The summed E-state index contributed by atoms with van der Waals surface area (Å²) in [5.74, 6) is 0.791. The van der Waals surface area contributed by atoms with E-state index >= 15 is 0 Å². The lowest BCUT2D eigenvalue weighted by molar-refractivity contribution is -0.131. The maximum absolute atomic E-state index is 12.7. The summed E-state index contributed by atoms with van der Waals surface area (Å²) >= 11 is 0. The van der Waals surface area contributed by atoms with E-state index < -0.39 is 15.1 Å². The lowest BCUT2D eigenvalue weighted by Gasteiger charge is -2.32. The minimum atomic E-state index is -3.33. The van der Waals surface area contributed by atoms with Crippen LogP contribution in [-0.2, 0) is 21.1 Å². The van der Waals surface area contributed by atoms with Crippen molar-refractivity contribution in [1.82, 2.24) is 4.90 Å². The van der Waals surface area contributed by atoms with Gasteiger partial charge in [0, 0.05) is 13.1 Å². The van der Waals surface area contributed by atoms with E-state index in [1.807, 2.05) is 24.3 Å². The normalized spacial score (nSPS) is 15.7. The summed E-state index contributed by atoms with van der Waals surface area (Å²) in [5, 5.41) is -0.421. The summed E-state index contributed by atoms with van der Waals surface area (Å²) in [4.78, 5) is 14.6. The summed E-state index contributed by atoms with van der Waals surface area (Å²) < 4.78 is 30.5. The third kappa shape index (κ3) is 4.07. The number of piperidine rings is 1. The molecule has 1 aliphatic heterocycles. The fourth-order valence-electron chi connectivity index (χ4n) is 3.25. The SMILES string of the molecule is COc1ccc(CC(=O)N2CCC(S(=O)(=O)c3ccccc3)CC2)cc1. The van der Waals surface area contributed by atoms with Gasteiger partial charge in [0.1, 0.15) is 5.75 Å². The Labute approximate surface area is 154 Å². The van der Waals surface area contributed by atoms with Crippen LogP contribution >= 0.6 is 0 Å². The van der Waals surface area contributed by atoms with Crippen LogP contribution in [0.15, 0.2) is 59.5 Å². The van der Waals surface area contributed by atoms with E-state index in [9.17, 15) is 13.2 Å². The van der Waals surface area contributed by atoms with Crippen LogP contribution in [0.3, 0.4) is 0 Å². The van der Waals surface area contributed by atoms with Crippen molar-refractivity contribution in [1.29, 1.82) is 0 Å². The van der Waals surface area contributed by atoms with E-state index in [2.05, 4.69) is 0 Å². The Kier molecular flexibility index (Phi) is 5.61. The van der Waals surface area contributed by atoms with Crippen molar-refractivity contribution in [3.05, 3.63) is 60.2 Å². The number of likely N-dealkylation sites (tertiary alicyclic amines) is 1. The molecule has 0 aliphatic carbocycles. The molecule has 0 bridgehead atoms. The molecule has 1 amide bonds. The molecule has 1 saturated heterocycles. The Balaban J connectivity index is 1.58. The third-order valence-electron chi connectivity index (χ3n) is 4.82. The maximum Gasteiger partial charge on any atom is 0.226 e. The lowest BCUT2D eigenvalue weighted by Crippen LogP contribution is -2.43. The van der Waals surface area contributed by atoms with Gasteiger partial charge < -0.3 is 9.64 Å². The Bertz CT molecular complexity index is 839. The Hall–Kier alpha value is -2.34. The number of ether oxygens (including phenoxy) is 1. The van der Waals surface area contributed by atoms with Gasteiger partial charge in [-0.25, -0.2) is 8.42 Å². The quantitative estimate of drug-likeness (QED) is 0.808. The Morgan fingerprint density at radius 2 is 1.65 bits per heavy atom. The number of benzene rings is 2. The van der Waals surface area contributed by atoms with Crippen molar-refractivity contribution in [2.75, 3.05) is 20.2 Å². The minimum absolute atomic E-state index is 0.0331. The summed E-state index contributed by atoms with van der Waals surface area (Å²) in [7, 11) is -1.72. The van der Waals surface area contributed by atoms with E-state index in [0.29, 0.717) is 37.2 Å². The molecule has 2 aromatic carbocycles. The number of hydrogen-bond acceptors (Lipinski definition) is 4. The number of hydrogen-bond donors (Lipinski definition) is 0. The maximum atomic E-state index is 12.7. The van der Waals surface area contributed by atoms with Gasteiger partial charge in [-0.05, 0) is 42.7 Å². The van der Waals surface area contributed by atoms with Crippen LogP contribution in [0, 0.1) is 0 Å². The summed E-state index contributed by atoms with van der Waals surface area (Å²) in [6, 6.07) is 16.0. The molecule has 6 heteroatoms. The molecular formula is C20H23NO4S. The first-order chi connectivity index (χ1) is 12.5. The number of nitrogens with zero attached hydrogens (tertiary/aromatic N) is 1. The first-order valence-electron chi connectivity index (χ1n) is 8.70. The third-order valence-corrected chi connectivity index (χ3v) is 7.10. The monoisotopic (exact) mass is 373 g/mol. The fraction of sp³-hybridized carbons (Fsp3) is 0.350.